The lowest BCUT2D eigenvalue weighted by molar-refractivity contribution is -0.140. The number of aryl methyl sites for hydroxylation is 2. The number of sulfonamides is 1. The van der Waals surface area contributed by atoms with Crippen LogP contribution < -0.4 is 9.62 Å². The summed E-state index contributed by atoms with van der Waals surface area (Å²) < 4.78 is 26.3. The smallest absolute Gasteiger partial charge is 0.244 e. The molecule has 0 spiro atoms. The number of nitrogens with zero attached hydrogens (tertiary/aromatic N) is 2. The highest BCUT2D eigenvalue weighted by molar-refractivity contribution is 7.92. The Labute approximate surface area is 197 Å². The number of hydrogen-bond acceptors (Lipinski definition) is 4. The van der Waals surface area contributed by atoms with Crippen molar-refractivity contribution >= 4 is 27.5 Å². The predicted molar refractivity (Wildman–Crippen MR) is 133 cm³/mol. The minimum absolute atomic E-state index is 0.209. The van der Waals surface area contributed by atoms with Crippen molar-refractivity contribution < 1.29 is 18.0 Å². The molecule has 2 aromatic carbocycles. The first-order chi connectivity index (χ1) is 15.6. The number of likely N-dealkylation sites (N-methyl/N-ethyl adjacent to an activating group) is 1. The molecule has 0 saturated carbocycles. The average molecular weight is 474 g/mol. The fraction of sp³-hybridized carbons (Fsp3) is 0.440. The molecule has 2 amide bonds. The molecule has 8 heteroatoms. The Morgan fingerprint density at radius 2 is 1.52 bits per heavy atom. The molecule has 180 valence electrons. The van der Waals surface area contributed by atoms with Gasteiger partial charge in [-0.05, 0) is 49.9 Å². The molecule has 1 unspecified atom stereocenters. The normalized spacial score (nSPS) is 12.2. The van der Waals surface area contributed by atoms with Crippen LogP contribution in [0.3, 0.4) is 0 Å². The van der Waals surface area contributed by atoms with Gasteiger partial charge in [0, 0.05) is 13.1 Å². The van der Waals surface area contributed by atoms with Gasteiger partial charge >= 0.3 is 0 Å². The molecule has 33 heavy (non-hydrogen) atoms. The molecule has 1 atom stereocenters. The fourth-order valence-corrected chi connectivity index (χ4v) is 4.46. The molecule has 1 N–H and O–H groups in total. The van der Waals surface area contributed by atoms with E-state index in [9.17, 15) is 18.0 Å². The summed E-state index contributed by atoms with van der Waals surface area (Å²) in [5, 5.41) is 2.79. The topological polar surface area (TPSA) is 86.8 Å². The Bertz CT molecular complexity index is 1030. The second kappa shape index (κ2) is 11.8. The maximum atomic E-state index is 13.5. The molecule has 0 fully saturated rings. The molecule has 2 rings (SSSR count). The van der Waals surface area contributed by atoms with Gasteiger partial charge in [-0.3, -0.25) is 13.9 Å². The van der Waals surface area contributed by atoms with Crippen molar-refractivity contribution in [2.75, 3.05) is 23.7 Å². The van der Waals surface area contributed by atoms with E-state index in [1.54, 1.807) is 12.1 Å². The van der Waals surface area contributed by atoms with Crippen LogP contribution in [0, 0.1) is 6.92 Å². The molecule has 0 saturated heterocycles. The molecule has 0 aliphatic rings. The number of anilines is 1. The van der Waals surface area contributed by atoms with Crippen LogP contribution in [0.15, 0.2) is 48.5 Å². The molecule has 0 heterocycles. The molecular weight excluding hydrogens is 438 g/mol. The summed E-state index contributed by atoms with van der Waals surface area (Å²) in [4.78, 5) is 27.7. The first-order valence-electron chi connectivity index (χ1n) is 11.3. The van der Waals surface area contributed by atoms with Crippen molar-refractivity contribution in [1.29, 1.82) is 0 Å². The number of amides is 2. The van der Waals surface area contributed by atoms with E-state index in [4.69, 9.17) is 0 Å². The standard InChI is InChI=1S/C25H35N3O4S/c1-6-20-13-15-22(16-14-20)28(33(5,31)32)18-24(29)27(23(7-2)25(30)26-8-3)17-21-11-9-19(4)10-12-21/h9-16,23H,6-8,17-18H2,1-5H3,(H,26,30). The zero-order valence-corrected chi connectivity index (χ0v) is 21.0. The van der Waals surface area contributed by atoms with E-state index in [0.29, 0.717) is 18.7 Å². The van der Waals surface area contributed by atoms with Gasteiger partial charge in [-0.15, -0.1) is 0 Å². The average Bonchev–Trinajstić information content (AvgIpc) is 2.78. The summed E-state index contributed by atoms with van der Waals surface area (Å²) in [7, 11) is -3.72. The zero-order chi connectivity index (χ0) is 24.6. The van der Waals surface area contributed by atoms with Crippen molar-refractivity contribution in [3.8, 4) is 0 Å². The van der Waals surface area contributed by atoms with Gasteiger partial charge in [0.25, 0.3) is 0 Å². The number of rotatable bonds is 11. The van der Waals surface area contributed by atoms with Crippen molar-refractivity contribution in [2.45, 2.75) is 53.1 Å². The Hall–Kier alpha value is -2.87. The molecule has 0 aliphatic heterocycles. The third-order valence-corrected chi connectivity index (χ3v) is 6.66. The molecule has 0 aromatic heterocycles. The summed E-state index contributed by atoms with van der Waals surface area (Å²) in [5.74, 6) is -0.683. The van der Waals surface area contributed by atoms with Gasteiger partial charge in [0.1, 0.15) is 12.6 Å². The Balaban J connectivity index is 2.40. The number of carbonyl (C=O) groups is 2. The van der Waals surface area contributed by atoms with Crippen molar-refractivity contribution in [3.05, 3.63) is 65.2 Å². The second-order valence-corrected chi connectivity index (χ2v) is 10.0. The zero-order valence-electron chi connectivity index (χ0n) is 20.2. The van der Waals surface area contributed by atoms with Crippen LogP contribution in [0.4, 0.5) is 5.69 Å². The monoisotopic (exact) mass is 473 g/mol. The Morgan fingerprint density at radius 3 is 2.00 bits per heavy atom. The maximum Gasteiger partial charge on any atom is 0.244 e. The largest absolute Gasteiger partial charge is 0.355 e. The molecular formula is C25H35N3O4S. The molecule has 0 aliphatic carbocycles. The van der Waals surface area contributed by atoms with E-state index in [1.165, 1.54) is 4.90 Å². The first-order valence-corrected chi connectivity index (χ1v) is 13.1. The van der Waals surface area contributed by atoms with Crippen LogP contribution in [-0.4, -0.2) is 50.5 Å². The summed E-state index contributed by atoms with van der Waals surface area (Å²) in [6.45, 7) is 7.93. The molecule has 0 radical (unpaired) electrons. The third kappa shape index (κ3) is 7.32. The van der Waals surface area contributed by atoms with Gasteiger partial charge in [0.05, 0.1) is 11.9 Å². The summed E-state index contributed by atoms with van der Waals surface area (Å²) >= 11 is 0. The van der Waals surface area contributed by atoms with Gasteiger partial charge < -0.3 is 10.2 Å². The number of nitrogens with one attached hydrogen (secondary N) is 1. The number of carbonyl (C=O) groups excluding carboxylic acids is 2. The van der Waals surface area contributed by atoms with Crippen molar-refractivity contribution in [2.24, 2.45) is 0 Å². The van der Waals surface area contributed by atoms with Crippen LogP contribution in [0.1, 0.15) is 43.9 Å². The van der Waals surface area contributed by atoms with Crippen molar-refractivity contribution in [1.82, 2.24) is 10.2 Å². The highest BCUT2D eigenvalue weighted by Gasteiger charge is 2.31. The summed E-state index contributed by atoms with van der Waals surface area (Å²) in [6, 6.07) is 14.1. The highest BCUT2D eigenvalue weighted by atomic mass is 32.2. The lowest BCUT2D eigenvalue weighted by Gasteiger charge is -2.32. The van der Waals surface area contributed by atoms with E-state index in [1.807, 2.05) is 64.1 Å². The molecule has 2 aromatic rings. The lowest BCUT2D eigenvalue weighted by Crippen LogP contribution is -2.52. The van der Waals surface area contributed by atoms with Gasteiger partial charge in [-0.2, -0.15) is 0 Å². The summed E-state index contributed by atoms with van der Waals surface area (Å²) in [5.41, 5.74) is 3.45. The summed E-state index contributed by atoms with van der Waals surface area (Å²) in [6.07, 6.45) is 2.32. The van der Waals surface area contributed by atoms with Gasteiger partial charge in [0.15, 0.2) is 0 Å². The fourth-order valence-electron chi connectivity index (χ4n) is 3.61. The number of hydrogen-bond donors (Lipinski definition) is 1. The quantitative estimate of drug-likeness (QED) is 0.543. The maximum absolute atomic E-state index is 13.5. The lowest BCUT2D eigenvalue weighted by atomic mass is 10.1. The third-order valence-electron chi connectivity index (χ3n) is 5.52. The van der Waals surface area contributed by atoms with Crippen LogP contribution in [0.2, 0.25) is 0 Å². The predicted octanol–water partition coefficient (Wildman–Crippen LogP) is 3.27. The number of benzene rings is 2. The van der Waals surface area contributed by atoms with Crippen LogP contribution in [0.25, 0.3) is 0 Å². The van der Waals surface area contributed by atoms with Gasteiger partial charge in [-0.1, -0.05) is 55.8 Å². The molecule has 0 bridgehead atoms. The van der Waals surface area contributed by atoms with E-state index < -0.39 is 22.0 Å². The second-order valence-electron chi connectivity index (χ2n) is 8.12. The van der Waals surface area contributed by atoms with Crippen LogP contribution in [0.5, 0.6) is 0 Å². The molecule has 7 nitrogen and oxygen atoms in total. The van der Waals surface area contributed by atoms with E-state index in [0.717, 1.165) is 33.7 Å². The van der Waals surface area contributed by atoms with E-state index >= 15 is 0 Å². The minimum atomic E-state index is -3.72. The van der Waals surface area contributed by atoms with Crippen LogP contribution in [-0.2, 0) is 32.6 Å². The SMILES string of the molecule is CCNC(=O)C(CC)N(Cc1ccc(C)cc1)C(=O)CN(c1ccc(CC)cc1)S(C)(=O)=O. The van der Waals surface area contributed by atoms with Crippen LogP contribution >= 0.6 is 0 Å². The minimum Gasteiger partial charge on any atom is -0.355 e. The Kier molecular flexibility index (Phi) is 9.46. The Morgan fingerprint density at radius 1 is 0.939 bits per heavy atom. The van der Waals surface area contributed by atoms with Gasteiger partial charge in [-0.25, -0.2) is 8.42 Å². The highest BCUT2D eigenvalue weighted by Crippen LogP contribution is 2.20. The first kappa shape index (κ1) is 26.4. The van der Waals surface area contributed by atoms with Crippen molar-refractivity contribution in [3.63, 3.8) is 0 Å². The van der Waals surface area contributed by atoms with Gasteiger partial charge in [0.2, 0.25) is 21.8 Å². The van der Waals surface area contributed by atoms with E-state index in [-0.39, 0.29) is 19.0 Å². The van der Waals surface area contributed by atoms with E-state index in [2.05, 4.69) is 5.32 Å².